The number of ether oxygens (including phenoxy) is 1. The first kappa shape index (κ1) is 16.9. The quantitative estimate of drug-likeness (QED) is 0.313. The monoisotopic (exact) mass is 294 g/mol. The predicted octanol–water partition coefficient (Wildman–Crippen LogP) is 1.68. The highest BCUT2D eigenvalue weighted by atomic mass is 16.5. The summed E-state index contributed by atoms with van der Waals surface area (Å²) in [7, 11) is 1.39. The molecule has 1 heterocycles. The van der Waals surface area contributed by atoms with E-state index < -0.39 is 0 Å². The number of carbonyl (C=O) groups is 2. The van der Waals surface area contributed by atoms with E-state index >= 15 is 0 Å². The molecule has 116 valence electrons. The molecule has 0 atom stereocenters. The number of aryl methyl sites for hydroxylation is 1. The van der Waals surface area contributed by atoms with Gasteiger partial charge in [0.05, 0.1) is 19.7 Å². The summed E-state index contributed by atoms with van der Waals surface area (Å²) in [6, 6.07) is 0. The van der Waals surface area contributed by atoms with Crippen LogP contribution >= 0.6 is 0 Å². The van der Waals surface area contributed by atoms with Crippen molar-refractivity contribution in [2.45, 2.75) is 45.4 Å². The highest BCUT2D eigenvalue weighted by Gasteiger charge is 2.02. The lowest BCUT2D eigenvalue weighted by atomic mass is 10.1. The van der Waals surface area contributed by atoms with E-state index in [-0.39, 0.29) is 11.9 Å². The summed E-state index contributed by atoms with van der Waals surface area (Å²) >= 11 is 0. The lowest BCUT2D eigenvalue weighted by Gasteiger charge is -2.01. The molecule has 1 rings (SSSR count). The number of nitrogens with zero attached hydrogens (tertiary/aromatic N) is 2. The number of amides is 1. The molecular formula is C14H22N4O3. The molecule has 0 unspecified atom stereocenters. The minimum Gasteiger partial charge on any atom is -0.469 e. The Morgan fingerprint density at radius 1 is 1.33 bits per heavy atom. The van der Waals surface area contributed by atoms with Crippen LogP contribution in [-0.4, -0.2) is 35.2 Å². The Morgan fingerprint density at radius 3 is 2.67 bits per heavy atom. The molecule has 0 spiro atoms. The van der Waals surface area contributed by atoms with Crippen LogP contribution in [0.4, 0.5) is 0 Å². The van der Waals surface area contributed by atoms with Crippen LogP contribution in [0.2, 0.25) is 0 Å². The summed E-state index contributed by atoms with van der Waals surface area (Å²) in [5.74, 6) is -0.303. The maximum Gasteiger partial charge on any atom is 0.305 e. The lowest BCUT2D eigenvalue weighted by molar-refractivity contribution is -0.140. The van der Waals surface area contributed by atoms with Gasteiger partial charge in [-0.1, -0.05) is 12.8 Å². The molecule has 0 saturated heterocycles. The summed E-state index contributed by atoms with van der Waals surface area (Å²) in [6.07, 6.45) is 7.36. The minimum atomic E-state index is -0.184. The van der Waals surface area contributed by atoms with Crippen LogP contribution in [0.3, 0.4) is 0 Å². The fraction of sp³-hybridized carbons (Fsp3) is 0.571. The Morgan fingerprint density at radius 2 is 2.05 bits per heavy atom. The smallest absolute Gasteiger partial charge is 0.305 e. The second kappa shape index (κ2) is 9.68. The highest BCUT2D eigenvalue weighted by molar-refractivity contribution is 5.81. The van der Waals surface area contributed by atoms with Gasteiger partial charge in [-0.2, -0.15) is 5.10 Å². The Labute approximate surface area is 124 Å². The third-order valence-corrected chi connectivity index (χ3v) is 3.01. The normalized spacial score (nSPS) is 10.8. The summed E-state index contributed by atoms with van der Waals surface area (Å²) in [6.45, 7) is 1.88. The van der Waals surface area contributed by atoms with Gasteiger partial charge in [0.15, 0.2) is 0 Å². The number of hydrogen-bond acceptors (Lipinski definition) is 5. The van der Waals surface area contributed by atoms with Crippen LogP contribution in [0.15, 0.2) is 11.4 Å². The largest absolute Gasteiger partial charge is 0.469 e. The molecule has 7 nitrogen and oxygen atoms in total. The van der Waals surface area contributed by atoms with Crippen LogP contribution in [0.5, 0.6) is 0 Å². The van der Waals surface area contributed by atoms with Crippen molar-refractivity contribution in [2.75, 3.05) is 7.11 Å². The first-order chi connectivity index (χ1) is 10.1. The third-order valence-electron chi connectivity index (χ3n) is 3.01. The van der Waals surface area contributed by atoms with Crippen molar-refractivity contribution >= 4 is 18.1 Å². The topological polar surface area (TPSA) is 96.4 Å². The number of hydrazone groups is 1. The van der Waals surface area contributed by atoms with Crippen LogP contribution < -0.4 is 5.43 Å². The van der Waals surface area contributed by atoms with Crippen molar-refractivity contribution in [1.29, 1.82) is 0 Å². The molecule has 0 aliphatic carbocycles. The number of esters is 1. The van der Waals surface area contributed by atoms with Crippen molar-refractivity contribution in [3.63, 3.8) is 0 Å². The molecule has 0 aliphatic rings. The van der Waals surface area contributed by atoms with Crippen LogP contribution in [0.25, 0.3) is 0 Å². The van der Waals surface area contributed by atoms with Crippen molar-refractivity contribution in [2.24, 2.45) is 5.10 Å². The molecule has 0 saturated carbocycles. The zero-order valence-electron chi connectivity index (χ0n) is 12.5. The van der Waals surface area contributed by atoms with Gasteiger partial charge in [-0.25, -0.2) is 10.4 Å². The van der Waals surface area contributed by atoms with Gasteiger partial charge >= 0.3 is 5.97 Å². The number of unbranched alkanes of at least 4 members (excludes halogenated alkanes) is 3. The number of H-pyrrole nitrogens is 1. The average Bonchev–Trinajstić information content (AvgIpc) is 2.88. The molecule has 1 amide bonds. The summed E-state index contributed by atoms with van der Waals surface area (Å²) < 4.78 is 4.55. The van der Waals surface area contributed by atoms with Crippen molar-refractivity contribution in [1.82, 2.24) is 15.4 Å². The third kappa shape index (κ3) is 7.24. The number of hydrogen-bond donors (Lipinski definition) is 2. The number of aromatic nitrogens is 2. The zero-order chi connectivity index (χ0) is 15.5. The number of imidazole rings is 1. The molecular weight excluding hydrogens is 272 g/mol. The number of rotatable bonds is 9. The van der Waals surface area contributed by atoms with Gasteiger partial charge in [0, 0.05) is 18.5 Å². The van der Waals surface area contributed by atoms with Gasteiger partial charge in [0.1, 0.15) is 5.69 Å². The van der Waals surface area contributed by atoms with Gasteiger partial charge in [-0.15, -0.1) is 0 Å². The first-order valence-electron chi connectivity index (χ1n) is 7.02. The minimum absolute atomic E-state index is 0.118. The van der Waals surface area contributed by atoms with E-state index in [1.165, 1.54) is 13.3 Å². The number of aromatic amines is 1. The van der Waals surface area contributed by atoms with Crippen LogP contribution in [0.1, 0.15) is 49.9 Å². The molecule has 1 aromatic heterocycles. The Bertz CT molecular complexity index is 482. The van der Waals surface area contributed by atoms with Crippen LogP contribution in [0, 0.1) is 6.92 Å². The maximum atomic E-state index is 11.5. The van der Waals surface area contributed by atoms with E-state index in [1.807, 2.05) is 6.92 Å². The molecule has 1 aromatic rings. The molecule has 0 radical (unpaired) electrons. The van der Waals surface area contributed by atoms with E-state index in [9.17, 15) is 9.59 Å². The number of methoxy groups -OCH3 is 1. The predicted molar refractivity (Wildman–Crippen MR) is 78.8 cm³/mol. The Balaban J connectivity index is 2.05. The average molecular weight is 294 g/mol. The summed E-state index contributed by atoms with van der Waals surface area (Å²) in [5.41, 5.74) is 4.08. The van der Waals surface area contributed by atoms with Crippen molar-refractivity contribution < 1.29 is 14.3 Å². The molecule has 21 heavy (non-hydrogen) atoms. The summed E-state index contributed by atoms with van der Waals surface area (Å²) in [4.78, 5) is 29.4. The highest BCUT2D eigenvalue weighted by Crippen LogP contribution is 2.06. The Hall–Kier alpha value is -2.18. The number of nitrogens with one attached hydrogen (secondary N) is 2. The molecule has 0 aliphatic heterocycles. The lowest BCUT2D eigenvalue weighted by Crippen LogP contribution is -2.17. The van der Waals surface area contributed by atoms with Gasteiger partial charge < -0.3 is 9.72 Å². The molecule has 2 N–H and O–H groups in total. The second-order valence-corrected chi connectivity index (χ2v) is 4.70. The number of carbonyl (C=O) groups excluding carboxylic acids is 2. The maximum absolute atomic E-state index is 11.5. The molecule has 0 fully saturated rings. The Kier molecular flexibility index (Phi) is 7.78. The van der Waals surface area contributed by atoms with E-state index in [0.29, 0.717) is 18.5 Å². The molecule has 7 heteroatoms. The SMILES string of the molecule is COC(=O)CCCCCCC(=O)N/N=C/c1nc[nH]c1C. The van der Waals surface area contributed by atoms with E-state index in [4.69, 9.17) is 0 Å². The van der Waals surface area contributed by atoms with Crippen molar-refractivity contribution in [3.05, 3.63) is 17.7 Å². The second-order valence-electron chi connectivity index (χ2n) is 4.70. The fourth-order valence-electron chi connectivity index (χ4n) is 1.73. The van der Waals surface area contributed by atoms with E-state index in [1.54, 1.807) is 6.33 Å². The van der Waals surface area contributed by atoms with Gasteiger partial charge in [0.25, 0.3) is 0 Å². The summed E-state index contributed by atoms with van der Waals surface area (Å²) in [5, 5.41) is 3.86. The van der Waals surface area contributed by atoms with Gasteiger partial charge in [-0.3, -0.25) is 9.59 Å². The molecule has 0 aromatic carbocycles. The van der Waals surface area contributed by atoms with Crippen LogP contribution in [-0.2, 0) is 14.3 Å². The van der Waals surface area contributed by atoms with Gasteiger partial charge in [-0.05, 0) is 19.8 Å². The van der Waals surface area contributed by atoms with Crippen molar-refractivity contribution in [3.8, 4) is 0 Å². The fourth-order valence-corrected chi connectivity index (χ4v) is 1.73. The standard InChI is InChI=1S/C14H22N4O3/c1-11-12(16-10-15-11)9-17-18-13(19)7-5-3-4-6-8-14(20)21-2/h9-10H,3-8H2,1-2H3,(H,15,16)(H,18,19)/b17-9+. The first-order valence-corrected chi connectivity index (χ1v) is 7.02. The molecule has 0 bridgehead atoms. The van der Waals surface area contributed by atoms with E-state index in [0.717, 1.165) is 31.4 Å². The van der Waals surface area contributed by atoms with Gasteiger partial charge in [0.2, 0.25) is 5.91 Å². The zero-order valence-corrected chi connectivity index (χ0v) is 12.5. The van der Waals surface area contributed by atoms with E-state index in [2.05, 4.69) is 25.2 Å².